The van der Waals surface area contributed by atoms with Crippen LogP contribution in [0.15, 0.2) is 88.9 Å². The molecule has 0 bridgehead atoms. The fraction of sp³-hybridized carbons (Fsp3) is 0.333. The first-order valence-corrected chi connectivity index (χ1v) is 12.0. The van der Waals surface area contributed by atoms with Crippen molar-refractivity contribution in [3.8, 4) is 11.5 Å². The molecule has 4 aliphatic rings. The van der Waals surface area contributed by atoms with E-state index in [4.69, 9.17) is 4.74 Å². The SMILES string of the molecule is C1=C[N+]2(N(c3ccc(Oc4ccccc4)cc3)C3CC(CN4CCCC4)C3)C=NC=C2C=N1. The van der Waals surface area contributed by atoms with Crippen LogP contribution >= 0.6 is 0 Å². The number of para-hydroxylation sites is 1. The van der Waals surface area contributed by atoms with E-state index in [-0.39, 0.29) is 0 Å². The third kappa shape index (κ3) is 3.90. The molecule has 2 aromatic carbocycles. The van der Waals surface area contributed by atoms with Crippen LogP contribution in [0.2, 0.25) is 0 Å². The van der Waals surface area contributed by atoms with Crippen LogP contribution in [-0.4, -0.2) is 47.7 Å². The molecule has 0 amide bonds. The van der Waals surface area contributed by atoms with Crippen LogP contribution in [0.5, 0.6) is 11.5 Å². The van der Waals surface area contributed by atoms with Gasteiger partial charge in [-0.15, -0.1) is 4.59 Å². The maximum atomic E-state index is 6.03. The van der Waals surface area contributed by atoms with Crippen LogP contribution in [0.3, 0.4) is 0 Å². The lowest BCUT2D eigenvalue weighted by Crippen LogP contribution is -2.63. The summed E-state index contributed by atoms with van der Waals surface area (Å²) in [7, 11) is 0. The van der Waals surface area contributed by atoms with Crippen molar-refractivity contribution in [1.29, 1.82) is 0 Å². The predicted octanol–water partition coefficient (Wildman–Crippen LogP) is 5.33. The number of aliphatic imine (C=N–C) groups is 2. The second-order valence-corrected chi connectivity index (χ2v) is 9.39. The molecule has 0 aromatic heterocycles. The molecule has 2 fully saturated rings. The molecule has 0 N–H and O–H groups in total. The lowest BCUT2D eigenvalue weighted by Gasteiger charge is -2.49. The van der Waals surface area contributed by atoms with Crippen molar-refractivity contribution in [3.63, 3.8) is 0 Å². The van der Waals surface area contributed by atoms with Crippen LogP contribution in [0.25, 0.3) is 0 Å². The highest BCUT2D eigenvalue weighted by Gasteiger charge is 2.49. The van der Waals surface area contributed by atoms with Gasteiger partial charge in [0.15, 0.2) is 6.20 Å². The highest BCUT2D eigenvalue weighted by Crippen LogP contribution is 2.42. The van der Waals surface area contributed by atoms with Gasteiger partial charge in [0.1, 0.15) is 11.5 Å². The number of quaternary nitrogens is 1. The fourth-order valence-corrected chi connectivity index (χ4v) is 5.48. The largest absolute Gasteiger partial charge is 0.457 e. The van der Waals surface area contributed by atoms with Gasteiger partial charge in [-0.1, -0.05) is 18.2 Å². The van der Waals surface area contributed by atoms with Crippen molar-refractivity contribution >= 4 is 18.2 Å². The minimum atomic E-state index is 0.447. The van der Waals surface area contributed by atoms with Gasteiger partial charge in [-0.25, -0.2) is 10.0 Å². The first kappa shape index (κ1) is 20.4. The van der Waals surface area contributed by atoms with E-state index in [2.05, 4.69) is 50.4 Å². The Hall–Kier alpha value is -3.22. The topological polar surface area (TPSA) is 40.4 Å². The molecule has 0 spiro atoms. The van der Waals surface area contributed by atoms with E-state index in [0.29, 0.717) is 10.6 Å². The summed E-state index contributed by atoms with van der Waals surface area (Å²) in [6.07, 6.45) is 15.0. The average molecular weight is 441 g/mol. The Morgan fingerprint density at radius 3 is 2.48 bits per heavy atom. The van der Waals surface area contributed by atoms with Crippen molar-refractivity contribution < 1.29 is 9.33 Å². The van der Waals surface area contributed by atoms with Gasteiger partial charge in [-0.3, -0.25) is 4.99 Å². The lowest BCUT2D eigenvalue weighted by molar-refractivity contribution is -0.747. The molecule has 1 unspecified atom stereocenters. The second kappa shape index (κ2) is 8.61. The van der Waals surface area contributed by atoms with E-state index in [1.54, 1.807) is 0 Å². The van der Waals surface area contributed by atoms with Gasteiger partial charge in [0.25, 0.3) is 0 Å². The van der Waals surface area contributed by atoms with Crippen LogP contribution in [0.4, 0.5) is 5.69 Å². The van der Waals surface area contributed by atoms with Crippen molar-refractivity contribution in [2.45, 2.75) is 31.7 Å². The number of ether oxygens (including phenoxy) is 1. The fourth-order valence-electron chi connectivity index (χ4n) is 5.48. The van der Waals surface area contributed by atoms with Gasteiger partial charge in [-0.05, 0) is 81.1 Å². The summed E-state index contributed by atoms with van der Waals surface area (Å²) < 4.78 is 6.51. The van der Waals surface area contributed by atoms with E-state index in [0.717, 1.165) is 23.1 Å². The van der Waals surface area contributed by atoms with Crippen LogP contribution < -0.4 is 9.75 Å². The molecule has 1 aliphatic carbocycles. The maximum absolute atomic E-state index is 6.03. The lowest BCUT2D eigenvalue weighted by atomic mass is 9.79. The Kier molecular flexibility index (Phi) is 5.32. The summed E-state index contributed by atoms with van der Waals surface area (Å²) in [5.74, 6) is 2.45. The zero-order valence-electron chi connectivity index (χ0n) is 18.8. The molecule has 6 rings (SSSR count). The first-order valence-electron chi connectivity index (χ1n) is 12.0. The minimum absolute atomic E-state index is 0.447. The summed E-state index contributed by atoms with van der Waals surface area (Å²) in [6.45, 7) is 3.78. The van der Waals surface area contributed by atoms with Gasteiger partial charge in [0, 0.05) is 6.54 Å². The molecule has 33 heavy (non-hydrogen) atoms. The number of rotatable bonds is 7. The molecule has 1 saturated heterocycles. The summed E-state index contributed by atoms with van der Waals surface area (Å²) in [5, 5.41) is 2.50. The van der Waals surface area contributed by atoms with Crippen molar-refractivity contribution in [2.75, 3.05) is 24.6 Å². The Morgan fingerprint density at radius 2 is 1.70 bits per heavy atom. The Morgan fingerprint density at radius 1 is 0.939 bits per heavy atom. The number of benzene rings is 2. The molecule has 1 saturated carbocycles. The zero-order chi connectivity index (χ0) is 22.1. The Bertz CT molecular complexity index is 1100. The van der Waals surface area contributed by atoms with Gasteiger partial charge in [-0.2, -0.15) is 0 Å². The number of nitrogens with zero attached hydrogens (tertiary/aromatic N) is 5. The van der Waals surface area contributed by atoms with E-state index in [1.165, 1.54) is 51.0 Å². The average Bonchev–Trinajstić information content (AvgIpc) is 3.49. The number of allylic oxidation sites excluding steroid dienone is 1. The summed E-state index contributed by atoms with van der Waals surface area (Å²) in [4.78, 5) is 11.5. The molecule has 168 valence electrons. The highest BCUT2D eigenvalue weighted by atomic mass is 16.5. The standard InChI is InChI=1S/C27H30N5O/c1-2-6-26(7-3-1)33-27-10-8-23(9-11-27)31(32-15-12-28-18-25(32)19-29-21-32)24-16-22(17-24)20-30-13-4-5-14-30/h1-3,6-12,15,18-19,21-22,24H,4-5,13-14,16-17,20H2/q+1. The number of fused-ring (bicyclic) bond motifs is 1. The normalized spacial score (nSPS) is 27.8. The number of hydrogen-bond donors (Lipinski definition) is 0. The van der Waals surface area contributed by atoms with Gasteiger partial charge >= 0.3 is 0 Å². The summed E-state index contributed by atoms with van der Waals surface area (Å²) in [5.41, 5.74) is 2.24. The number of anilines is 1. The van der Waals surface area contributed by atoms with Crippen molar-refractivity contribution in [2.24, 2.45) is 15.9 Å². The maximum Gasteiger partial charge on any atom is 0.225 e. The molecular formula is C27H30N5O+. The molecule has 3 aliphatic heterocycles. The van der Waals surface area contributed by atoms with Crippen molar-refractivity contribution in [1.82, 2.24) is 4.90 Å². The third-order valence-electron chi connectivity index (χ3n) is 7.16. The molecule has 6 heteroatoms. The molecule has 1 atom stereocenters. The number of hydrogen-bond acceptors (Lipinski definition) is 5. The zero-order valence-corrected chi connectivity index (χ0v) is 18.8. The first-order chi connectivity index (χ1) is 16.3. The molecule has 6 nitrogen and oxygen atoms in total. The van der Waals surface area contributed by atoms with Crippen LogP contribution in [-0.2, 0) is 0 Å². The summed E-state index contributed by atoms with van der Waals surface area (Å²) in [6, 6.07) is 18.8. The van der Waals surface area contributed by atoms with E-state index in [1.807, 2.05) is 55.3 Å². The summed E-state index contributed by atoms with van der Waals surface area (Å²) >= 11 is 0. The molecular weight excluding hydrogens is 410 g/mol. The van der Waals surface area contributed by atoms with Crippen molar-refractivity contribution in [3.05, 3.63) is 78.9 Å². The van der Waals surface area contributed by atoms with Gasteiger partial charge < -0.3 is 9.64 Å². The molecule has 2 aromatic rings. The highest BCUT2D eigenvalue weighted by molar-refractivity contribution is 5.82. The molecule has 0 radical (unpaired) electrons. The second-order valence-electron chi connectivity index (χ2n) is 9.39. The smallest absolute Gasteiger partial charge is 0.225 e. The van der Waals surface area contributed by atoms with Gasteiger partial charge in [0.2, 0.25) is 12.0 Å². The predicted molar refractivity (Wildman–Crippen MR) is 132 cm³/mol. The van der Waals surface area contributed by atoms with Crippen LogP contribution in [0.1, 0.15) is 25.7 Å². The third-order valence-corrected chi connectivity index (χ3v) is 7.16. The number of likely N-dealkylation sites (tertiary alicyclic amines) is 1. The van der Waals surface area contributed by atoms with E-state index < -0.39 is 0 Å². The van der Waals surface area contributed by atoms with E-state index >= 15 is 0 Å². The Balaban J connectivity index is 1.25. The van der Waals surface area contributed by atoms with E-state index in [9.17, 15) is 0 Å². The Labute approximate surface area is 195 Å². The minimum Gasteiger partial charge on any atom is -0.457 e. The quantitative estimate of drug-likeness (QED) is 0.547. The molecule has 3 heterocycles. The monoisotopic (exact) mass is 440 g/mol. The van der Waals surface area contributed by atoms with Gasteiger partial charge in [0.05, 0.1) is 30.3 Å². The van der Waals surface area contributed by atoms with Crippen LogP contribution in [0, 0.1) is 5.92 Å².